The van der Waals surface area contributed by atoms with Crippen LogP contribution >= 0.6 is 0 Å². The number of nitrogens with two attached hydrogens (primary N) is 1. The summed E-state index contributed by atoms with van der Waals surface area (Å²) < 4.78 is 34.0. The second-order valence-electron chi connectivity index (χ2n) is 19.1. The highest BCUT2D eigenvalue weighted by atomic mass is 16.6. The second kappa shape index (κ2) is 28.2. The molecule has 0 saturated heterocycles. The predicted octanol–water partition coefficient (Wildman–Crippen LogP) is 5.06. The summed E-state index contributed by atoms with van der Waals surface area (Å²) in [5, 5.41) is 8.79. The van der Waals surface area contributed by atoms with Gasteiger partial charge in [0.2, 0.25) is 17.7 Å². The van der Waals surface area contributed by atoms with E-state index < -0.39 is 58.2 Å². The molecule has 5 N–H and O–H groups in total. The van der Waals surface area contributed by atoms with E-state index in [1.807, 2.05) is 60.7 Å². The molecule has 0 saturated carbocycles. The number of hydrogen-bond acceptors (Lipinski definition) is 13. The zero-order valence-electron chi connectivity index (χ0n) is 40.2. The highest BCUT2D eigenvalue weighted by Gasteiger charge is 2.34. The SMILES string of the molecule is CC(C)(C)OC(=O)CCOCC(COCCC(=O)OC(C)(C)C)(COCCC(=O)OC(C)(C)C)NC(=O)CCCCCNC(=O)[C@H](Cc1ccccc1)NC(=O)[C@@H](N)Cc1ccccc1. The zero-order chi connectivity index (χ0) is 48.5. The molecule has 3 amide bonds. The molecule has 0 bridgehead atoms. The van der Waals surface area contributed by atoms with Gasteiger partial charge in [-0.1, -0.05) is 67.1 Å². The molecule has 0 fully saturated rings. The van der Waals surface area contributed by atoms with Gasteiger partial charge < -0.3 is 50.1 Å². The van der Waals surface area contributed by atoms with Gasteiger partial charge in [-0.15, -0.1) is 0 Å². The van der Waals surface area contributed by atoms with Crippen molar-refractivity contribution in [2.24, 2.45) is 5.73 Å². The number of esters is 3. The maximum absolute atomic E-state index is 13.6. The van der Waals surface area contributed by atoms with Crippen LogP contribution in [0.15, 0.2) is 60.7 Å². The van der Waals surface area contributed by atoms with Crippen LogP contribution in [0.1, 0.15) is 118 Å². The van der Waals surface area contributed by atoms with E-state index in [1.54, 1.807) is 62.3 Å². The number of benzene rings is 2. The van der Waals surface area contributed by atoms with E-state index in [-0.39, 0.29) is 83.6 Å². The number of carbonyl (C=O) groups excluding carboxylic acids is 6. The number of carbonyl (C=O) groups is 6. The molecule has 0 unspecified atom stereocenters. The molecule has 364 valence electrons. The number of rotatable bonds is 29. The van der Waals surface area contributed by atoms with E-state index in [1.165, 1.54) is 0 Å². The predicted molar refractivity (Wildman–Crippen MR) is 246 cm³/mol. The van der Waals surface area contributed by atoms with Gasteiger partial charge in [-0.25, -0.2) is 0 Å². The van der Waals surface area contributed by atoms with Crippen LogP contribution in [0.5, 0.6) is 0 Å². The Bertz CT molecular complexity index is 1670. The summed E-state index contributed by atoms with van der Waals surface area (Å²) in [6.45, 7) is 15.7. The minimum atomic E-state index is -1.29. The minimum Gasteiger partial charge on any atom is -0.460 e. The average Bonchev–Trinajstić information content (AvgIpc) is 3.19. The summed E-state index contributed by atoms with van der Waals surface area (Å²) in [5.74, 6) is -2.47. The third kappa shape index (κ3) is 27.2. The van der Waals surface area contributed by atoms with E-state index in [0.29, 0.717) is 32.2 Å². The van der Waals surface area contributed by atoms with E-state index in [0.717, 1.165) is 11.1 Å². The Labute approximate surface area is 386 Å². The van der Waals surface area contributed by atoms with Gasteiger partial charge in [0, 0.05) is 19.4 Å². The molecule has 16 heteroatoms. The molecule has 0 aliphatic carbocycles. The van der Waals surface area contributed by atoms with Gasteiger partial charge in [0.1, 0.15) is 28.4 Å². The molecule has 0 aliphatic heterocycles. The fraction of sp³-hybridized carbons (Fsp3) is 0.633. The maximum atomic E-state index is 13.6. The van der Waals surface area contributed by atoms with Gasteiger partial charge in [-0.2, -0.15) is 0 Å². The summed E-state index contributed by atoms with van der Waals surface area (Å²) in [5.41, 5.74) is 4.71. The molecular formula is C49H76N4O12. The Kier molecular flexibility index (Phi) is 24.4. The van der Waals surface area contributed by atoms with Crippen LogP contribution in [0.3, 0.4) is 0 Å². The van der Waals surface area contributed by atoms with Crippen LogP contribution in [-0.2, 0) is 70.0 Å². The Morgan fingerprint density at radius 1 is 0.538 bits per heavy atom. The first-order valence-corrected chi connectivity index (χ1v) is 22.6. The lowest BCUT2D eigenvalue weighted by Gasteiger charge is -2.34. The van der Waals surface area contributed by atoms with Gasteiger partial charge >= 0.3 is 17.9 Å². The van der Waals surface area contributed by atoms with Crippen molar-refractivity contribution in [2.75, 3.05) is 46.2 Å². The number of ether oxygens (including phenoxy) is 6. The lowest BCUT2D eigenvalue weighted by atomic mass is 10.0. The van der Waals surface area contributed by atoms with Crippen molar-refractivity contribution in [1.29, 1.82) is 0 Å². The monoisotopic (exact) mass is 913 g/mol. The minimum absolute atomic E-state index is 0.0234. The van der Waals surface area contributed by atoms with Crippen molar-refractivity contribution in [3.63, 3.8) is 0 Å². The summed E-state index contributed by atoms with van der Waals surface area (Å²) >= 11 is 0. The van der Waals surface area contributed by atoms with Gasteiger partial charge in [-0.05, 0) is 92.7 Å². The summed E-state index contributed by atoms with van der Waals surface area (Å²) in [7, 11) is 0. The van der Waals surface area contributed by atoms with Gasteiger partial charge in [0.15, 0.2) is 0 Å². The molecule has 2 aromatic carbocycles. The Hall–Kier alpha value is -4.90. The smallest absolute Gasteiger partial charge is 0.308 e. The van der Waals surface area contributed by atoms with Crippen molar-refractivity contribution >= 4 is 35.6 Å². The van der Waals surface area contributed by atoms with Crippen molar-refractivity contribution in [2.45, 2.75) is 155 Å². The molecule has 0 aromatic heterocycles. The van der Waals surface area contributed by atoms with Crippen LogP contribution in [0.4, 0.5) is 0 Å². The molecule has 16 nitrogen and oxygen atoms in total. The lowest BCUT2D eigenvalue weighted by molar-refractivity contribution is -0.157. The molecule has 2 rings (SSSR count). The lowest BCUT2D eigenvalue weighted by Crippen LogP contribution is -2.58. The molecule has 65 heavy (non-hydrogen) atoms. The number of unbranched alkanes of at least 4 members (excludes halogenated alkanes) is 2. The summed E-state index contributed by atoms with van der Waals surface area (Å²) in [6, 6.07) is 17.1. The summed E-state index contributed by atoms with van der Waals surface area (Å²) in [4.78, 5) is 77.4. The molecule has 2 aromatic rings. The first-order valence-electron chi connectivity index (χ1n) is 22.6. The Morgan fingerprint density at radius 2 is 0.954 bits per heavy atom. The van der Waals surface area contributed by atoms with E-state index >= 15 is 0 Å². The maximum Gasteiger partial charge on any atom is 0.308 e. The van der Waals surface area contributed by atoms with Crippen LogP contribution < -0.4 is 21.7 Å². The van der Waals surface area contributed by atoms with Gasteiger partial charge in [-0.3, -0.25) is 28.8 Å². The second-order valence-corrected chi connectivity index (χ2v) is 19.1. The number of nitrogens with one attached hydrogen (secondary N) is 3. The van der Waals surface area contributed by atoms with Crippen molar-refractivity contribution in [3.05, 3.63) is 71.8 Å². The van der Waals surface area contributed by atoms with Crippen LogP contribution in [0.2, 0.25) is 0 Å². The summed E-state index contributed by atoms with van der Waals surface area (Å²) in [6.07, 6.45) is 2.18. The van der Waals surface area contributed by atoms with Crippen molar-refractivity contribution in [3.8, 4) is 0 Å². The first-order chi connectivity index (χ1) is 30.4. The highest BCUT2D eigenvalue weighted by Crippen LogP contribution is 2.15. The zero-order valence-corrected chi connectivity index (χ0v) is 40.2. The van der Waals surface area contributed by atoms with Gasteiger partial charge in [0.05, 0.1) is 64.9 Å². The molecule has 0 spiro atoms. The van der Waals surface area contributed by atoms with Crippen molar-refractivity contribution in [1.82, 2.24) is 16.0 Å². The quantitative estimate of drug-likeness (QED) is 0.0477. The highest BCUT2D eigenvalue weighted by molar-refractivity contribution is 5.90. The van der Waals surface area contributed by atoms with Crippen LogP contribution in [0, 0.1) is 0 Å². The van der Waals surface area contributed by atoms with Crippen LogP contribution in [-0.4, -0.2) is 116 Å². The van der Waals surface area contributed by atoms with Crippen molar-refractivity contribution < 1.29 is 57.2 Å². The van der Waals surface area contributed by atoms with E-state index in [9.17, 15) is 28.8 Å². The average molecular weight is 913 g/mol. The van der Waals surface area contributed by atoms with E-state index in [4.69, 9.17) is 34.2 Å². The Morgan fingerprint density at radius 3 is 1.37 bits per heavy atom. The third-order valence-corrected chi connectivity index (χ3v) is 9.08. The molecule has 0 aliphatic rings. The Balaban J connectivity index is 2.08. The fourth-order valence-corrected chi connectivity index (χ4v) is 6.26. The largest absolute Gasteiger partial charge is 0.460 e. The number of amides is 3. The molecule has 2 atom stereocenters. The van der Waals surface area contributed by atoms with Gasteiger partial charge in [0.25, 0.3) is 0 Å². The standard InChI is InChI=1S/C49H76N4O12/c1-46(2,3)63-41(55)24-28-60-33-49(34-61-29-25-42(56)64-47(4,5)6,35-62-30-26-43(57)65-48(7,8)9)53-40(54)23-17-12-18-27-51-45(59)39(32-37-21-15-11-16-22-37)52-44(58)38(50)31-36-19-13-10-14-20-36/h10-11,13-16,19-22,38-39H,12,17-18,23-35,50H2,1-9H3,(H,51,59)(H,52,58)(H,53,54)/t38-,39-/m0/s1. The number of hydrogen-bond donors (Lipinski definition) is 4. The fourth-order valence-electron chi connectivity index (χ4n) is 6.26. The topological polar surface area (TPSA) is 220 Å². The normalized spacial score (nSPS) is 13.0. The molecule has 0 radical (unpaired) electrons. The third-order valence-electron chi connectivity index (χ3n) is 9.08. The molecular weight excluding hydrogens is 837 g/mol. The molecule has 0 heterocycles. The van der Waals surface area contributed by atoms with E-state index in [2.05, 4.69) is 16.0 Å². The first kappa shape index (κ1) is 56.2. The van der Waals surface area contributed by atoms with Crippen LogP contribution in [0.25, 0.3) is 0 Å².